The lowest BCUT2D eigenvalue weighted by molar-refractivity contribution is 0.0978. The minimum absolute atomic E-state index is 0.0837. The lowest BCUT2D eigenvalue weighted by Gasteiger charge is -2.09. The van der Waals surface area contributed by atoms with Gasteiger partial charge in [0.25, 0.3) is 0 Å². The number of carbonyl (C=O) groups excluding carboxylic acids is 1. The standard InChI is InChI=1S/C16H18FNO/c1-11(2)13-10-12(5-7-14(13)17)6-8-16(19)15-4-3-9-18-15/h3-5,7,9-11,18H,6,8H2,1-2H3. The van der Waals surface area contributed by atoms with Crippen LogP contribution < -0.4 is 0 Å². The molecule has 1 aromatic heterocycles. The van der Waals surface area contributed by atoms with Crippen LogP contribution >= 0.6 is 0 Å². The molecule has 2 aromatic rings. The summed E-state index contributed by atoms with van der Waals surface area (Å²) in [6.07, 6.45) is 2.81. The van der Waals surface area contributed by atoms with Crippen molar-refractivity contribution in [2.75, 3.05) is 0 Å². The average Bonchev–Trinajstić information content (AvgIpc) is 2.91. The first-order valence-corrected chi connectivity index (χ1v) is 6.53. The predicted molar refractivity (Wildman–Crippen MR) is 73.9 cm³/mol. The zero-order valence-corrected chi connectivity index (χ0v) is 11.2. The number of nitrogens with one attached hydrogen (secondary N) is 1. The molecule has 2 nitrogen and oxygen atoms in total. The third kappa shape index (κ3) is 3.31. The molecule has 0 unspecified atom stereocenters. The molecule has 0 radical (unpaired) electrons. The van der Waals surface area contributed by atoms with Crippen LogP contribution in [0.25, 0.3) is 0 Å². The highest BCUT2D eigenvalue weighted by molar-refractivity contribution is 5.94. The van der Waals surface area contributed by atoms with Gasteiger partial charge in [-0.2, -0.15) is 0 Å². The van der Waals surface area contributed by atoms with E-state index in [1.54, 1.807) is 18.3 Å². The van der Waals surface area contributed by atoms with E-state index in [1.165, 1.54) is 6.07 Å². The summed E-state index contributed by atoms with van der Waals surface area (Å²) in [5.74, 6) is 0.0638. The minimum atomic E-state index is -0.172. The van der Waals surface area contributed by atoms with Gasteiger partial charge in [-0.3, -0.25) is 4.79 Å². The zero-order chi connectivity index (χ0) is 13.8. The lowest BCUT2D eigenvalue weighted by Crippen LogP contribution is -2.02. The first-order valence-electron chi connectivity index (χ1n) is 6.53. The predicted octanol–water partition coefficient (Wildman–Crippen LogP) is 4.09. The Hall–Kier alpha value is -1.90. The van der Waals surface area contributed by atoms with Gasteiger partial charge in [-0.25, -0.2) is 4.39 Å². The lowest BCUT2D eigenvalue weighted by atomic mass is 9.97. The first kappa shape index (κ1) is 13.5. The van der Waals surface area contributed by atoms with E-state index >= 15 is 0 Å². The molecular formula is C16H18FNO. The van der Waals surface area contributed by atoms with Gasteiger partial charge < -0.3 is 4.98 Å². The summed E-state index contributed by atoms with van der Waals surface area (Å²) in [4.78, 5) is 14.8. The number of halogens is 1. The van der Waals surface area contributed by atoms with E-state index in [9.17, 15) is 9.18 Å². The van der Waals surface area contributed by atoms with Gasteiger partial charge in [0.2, 0.25) is 0 Å². The molecule has 19 heavy (non-hydrogen) atoms. The number of aryl methyl sites for hydroxylation is 1. The zero-order valence-electron chi connectivity index (χ0n) is 11.2. The SMILES string of the molecule is CC(C)c1cc(CCC(=O)c2ccc[nH]2)ccc1F. The smallest absolute Gasteiger partial charge is 0.179 e. The van der Waals surface area contributed by atoms with Crippen LogP contribution in [-0.2, 0) is 6.42 Å². The van der Waals surface area contributed by atoms with Crippen molar-refractivity contribution >= 4 is 5.78 Å². The Bertz CT molecular complexity index is 558. The van der Waals surface area contributed by atoms with Crippen molar-refractivity contribution in [2.24, 2.45) is 0 Å². The van der Waals surface area contributed by atoms with Gasteiger partial charge in [0, 0.05) is 12.6 Å². The van der Waals surface area contributed by atoms with E-state index in [2.05, 4.69) is 4.98 Å². The quantitative estimate of drug-likeness (QED) is 0.806. The third-order valence-corrected chi connectivity index (χ3v) is 3.22. The van der Waals surface area contributed by atoms with Crippen molar-refractivity contribution in [1.29, 1.82) is 0 Å². The Morgan fingerprint density at radius 3 is 2.74 bits per heavy atom. The van der Waals surface area contributed by atoms with Crippen molar-refractivity contribution in [3.8, 4) is 0 Å². The minimum Gasteiger partial charge on any atom is -0.359 e. The molecule has 0 aliphatic rings. The molecule has 0 saturated carbocycles. The summed E-state index contributed by atoms with van der Waals surface area (Å²) < 4.78 is 13.6. The number of H-pyrrole nitrogens is 1. The number of Topliss-reactive ketones (excluding diaryl/α,β-unsaturated/α-hetero) is 1. The molecule has 0 spiro atoms. The maximum Gasteiger partial charge on any atom is 0.179 e. The normalized spacial score (nSPS) is 10.9. The molecule has 1 aromatic carbocycles. The molecule has 100 valence electrons. The maximum atomic E-state index is 13.6. The van der Waals surface area contributed by atoms with Crippen LogP contribution in [0.2, 0.25) is 0 Å². The van der Waals surface area contributed by atoms with Gasteiger partial charge in [-0.05, 0) is 41.7 Å². The van der Waals surface area contributed by atoms with E-state index in [4.69, 9.17) is 0 Å². The number of ketones is 1. The third-order valence-electron chi connectivity index (χ3n) is 3.22. The van der Waals surface area contributed by atoms with Crippen LogP contribution in [-0.4, -0.2) is 10.8 Å². The fraction of sp³-hybridized carbons (Fsp3) is 0.312. The van der Waals surface area contributed by atoms with Crippen LogP contribution in [0.5, 0.6) is 0 Å². The molecule has 0 atom stereocenters. The van der Waals surface area contributed by atoms with E-state index in [-0.39, 0.29) is 17.5 Å². The van der Waals surface area contributed by atoms with Crippen molar-refractivity contribution in [2.45, 2.75) is 32.6 Å². The molecule has 1 N–H and O–H groups in total. The molecule has 1 heterocycles. The fourth-order valence-corrected chi connectivity index (χ4v) is 2.09. The van der Waals surface area contributed by atoms with Crippen LogP contribution in [0.15, 0.2) is 36.5 Å². The number of aromatic nitrogens is 1. The van der Waals surface area contributed by atoms with Crippen molar-refractivity contribution in [1.82, 2.24) is 4.98 Å². The fourth-order valence-electron chi connectivity index (χ4n) is 2.09. The summed E-state index contributed by atoms with van der Waals surface area (Å²) in [7, 11) is 0. The summed E-state index contributed by atoms with van der Waals surface area (Å²) in [6.45, 7) is 3.93. The number of benzene rings is 1. The molecule has 0 saturated heterocycles. The molecule has 0 amide bonds. The monoisotopic (exact) mass is 259 g/mol. The molecule has 0 fully saturated rings. The Morgan fingerprint density at radius 2 is 2.11 bits per heavy atom. The number of rotatable bonds is 5. The molecule has 3 heteroatoms. The molecular weight excluding hydrogens is 241 g/mol. The average molecular weight is 259 g/mol. The first-order chi connectivity index (χ1) is 9.08. The molecule has 2 rings (SSSR count). The van der Waals surface area contributed by atoms with Gasteiger partial charge in [0.05, 0.1) is 5.69 Å². The molecule has 0 bridgehead atoms. The summed E-state index contributed by atoms with van der Waals surface area (Å²) in [5, 5.41) is 0. The van der Waals surface area contributed by atoms with Gasteiger partial charge in [-0.1, -0.05) is 26.0 Å². The maximum absolute atomic E-state index is 13.6. The summed E-state index contributed by atoms with van der Waals surface area (Å²) >= 11 is 0. The second-order valence-electron chi connectivity index (χ2n) is 5.02. The van der Waals surface area contributed by atoms with Crippen molar-refractivity contribution in [3.63, 3.8) is 0 Å². The number of aromatic amines is 1. The summed E-state index contributed by atoms with van der Waals surface area (Å²) in [6, 6.07) is 8.68. The largest absolute Gasteiger partial charge is 0.359 e. The van der Waals surface area contributed by atoms with E-state index in [1.807, 2.05) is 26.0 Å². The van der Waals surface area contributed by atoms with Gasteiger partial charge in [0.15, 0.2) is 5.78 Å². The topological polar surface area (TPSA) is 32.9 Å². The van der Waals surface area contributed by atoms with E-state index in [0.29, 0.717) is 24.1 Å². The Balaban J connectivity index is 2.04. The number of hydrogen-bond donors (Lipinski definition) is 1. The highest BCUT2D eigenvalue weighted by Crippen LogP contribution is 2.20. The van der Waals surface area contributed by atoms with Gasteiger partial charge in [-0.15, -0.1) is 0 Å². The number of hydrogen-bond acceptors (Lipinski definition) is 1. The van der Waals surface area contributed by atoms with E-state index in [0.717, 1.165) is 5.56 Å². The Kier molecular flexibility index (Phi) is 4.15. The Morgan fingerprint density at radius 1 is 1.32 bits per heavy atom. The van der Waals surface area contributed by atoms with Crippen LogP contribution in [0.1, 0.15) is 47.8 Å². The second kappa shape index (κ2) is 5.83. The van der Waals surface area contributed by atoms with Crippen LogP contribution in [0.4, 0.5) is 4.39 Å². The molecule has 0 aliphatic heterocycles. The van der Waals surface area contributed by atoms with Crippen molar-refractivity contribution in [3.05, 3.63) is 59.2 Å². The van der Waals surface area contributed by atoms with Gasteiger partial charge in [0.1, 0.15) is 5.82 Å². The second-order valence-corrected chi connectivity index (χ2v) is 5.02. The Labute approximate surface area is 112 Å². The highest BCUT2D eigenvalue weighted by Gasteiger charge is 2.10. The molecule has 0 aliphatic carbocycles. The highest BCUT2D eigenvalue weighted by atomic mass is 19.1. The van der Waals surface area contributed by atoms with Crippen molar-refractivity contribution < 1.29 is 9.18 Å². The summed E-state index contributed by atoms with van der Waals surface area (Å²) in [5.41, 5.74) is 2.35. The number of carbonyl (C=O) groups is 1. The van der Waals surface area contributed by atoms with Crippen LogP contribution in [0, 0.1) is 5.82 Å². The van der Waals surface area contributed by atoms with Gasteiger partial charge >= 0.3 is 0 Å². The van der Waals surface area contributed by atoms with Crippen LogP contribution in [0.3, 0.4) is 0 Å². The van der Waals surface area contributed by atoms with E-state index < -0.39 is 0 Å².